The minimum atomic E-state index is -0.257. The van der Waals surface area contributed by atoms with Crippen LogP contribution in [0.3, 0.4) is 0 Å². The van der Waals surface area contributed by atoms with E-state index in [1.165, 1.54) is 94.6 Å². The molecule has 0 fully saturated rings. The van der Waals surface area contributed by atoms with Gasteiger partial charge in [-0.3, -0.25) is 0 Å². The number of anilines is 3. The smallest absolute Gasteiger partial charge is 0.0467 e. The highest BCUT2D eigenvalue weighted by atomic mass is 15.1. The molecule has 1 nitrogen and oxygen atoms in total. The van der Waals surface area contributed by atoms with Gasteiger partial charge in [0.05, 0.1) is 0 Å². The van der Waals surface area contributed by atoms with Crippen molar-refractivity contribution in [2.45, 2.75) is 37.5 Å². The molecule has 4 aliphatic carbocycles. The Bertz CT molecular complexity index is 3560. The normalized spacial score (nSPS) is 18.5. The number of hydrogen-bond acceptors (Lipinski definition) is 1. The molecule has 3 unspecified atom stereocenters. The average molecular weight is 870 g/mol. The fraction of sp³-hybridized carbons (Fsp3) is 0.104. The lowest BCUT2D eigenvalue weighted by Gasteiger charge is -2.29. The Morgan fingerprint density at radius 2 is 0.971 bits per heavy atom. The van der Waals surface area contributed by atoms with Crippen LogP contribution in [-0.4, -0.2) is 0 Å². The van der Waals surface area contributed by atoms with Gasteiger partial charge in [0.2, 0.25) is 0 Å². The molecular formula is C67H51N. The summed E-state index contributed by atoms with van der Waals surface area (Å²) in [5.74, 6) is 0.748. The quantitative estimate of drug-likeness (QED) is 0.154. The second-order valence-corrected chi connectivity index (χ2v) is 19.7. The Morgan fingerprint density at radius 3 is 1.75 bits per heavy atom. The third-order valence-corrected chi connectivity index (χ3v) is 15.7. The van der Waals surface area contributed by atoms with Crippen LogP contribution < -0.4 is 4.90 Å². The molecule has 0 amide bonds. The Balaban J connectivity index is 0.933. The first-order valence-electron chi connectivity index (χ1n) is 24.2. The Labute approximate surface area is 400 Å². The van der Waals surface area contributed by atoms with E-state index in [0.717, 1.165) is 17.1 Å². The molecule has 0 saturated heterocycles. The highest BCUT2D eigenvalue weighted by Gasteiger charge is 2.41. The summed E-state index contributed by atoms with van der Waals surface area (Å²) in [6.07, 6.45) is 13.8. The predicted octanol–water partition coefficient (Wildman–Crippen LogP) is 17.7. The first-order valence-corrected chi connectivity index (χ1v) is 24.2. The van der Waals surface area contributed by atoms with E-state index in [0.29, 0.717) is 11.8 Å². The van der Waals surface area contributed by atoms with Crippen LogP contribution in [0, 0.1) is 5.92 Å². The SMILES string of the molecule is CC1(C)c2ccccc2-c2cccc(-c3cccc(N(c4ccc(-c5ccc6c(c5)C(C)(c5ccccc5)c5ccccc5-6)cc4)c4cccc(-c5cccc6c5C=CC5C=CC=CC65)c4)c3)c21. The zero-order valence-electron chi connectivity index (χ0n) is 38.7. The monoisotopic (exact) mass is 869 g/mol. The molecule has 13 rings (SSSR count). The number of nitrogens with zero attached hydrogens (tertiary/aromatic N) is 1. The second kappa shape index (κ2) is 15.5. The van der Waals surface area contributed by atoms with Crippen LogP contribution in [0.4, 0.5) is 17.1 Å². The molecule has 3 atom stereocenters. The second-order valence-electron chi connectivity index (χ2n) is 19.7. The van der Waals surface area contributed by atoms with Crippen LogP contribution in [0.5, 0.6) is 0 Å². The van der Waals surface area contributed by atoms with Crippen molar-refractivity contribution in [3.8, 4) is 55.6 Å². The lowest BCUT2D eigenvalue weighted by Crippen LogP contribution is -2.22. The van der Waals surface area contributed by atoms with E-state index in [1.807, 2.05) is 0 Å². The summed E-state index contributed by atoms with van der Waals surface area (Å²) in [7, 11) is 0. The van der Waals surface area contributed by atoms with Crippen LogP contribution >= 0.6 is 0 Å². The van der Waals surface area contributed by atoms with Gasteiger partial charge in [-0.15, -0.1) is 0 Å². The first-order chi connectivity index (χ1) is 33.4. The Hall–Kier alpha value is -8.00. The zero-order valence-corrected chi connectivity index (χ0v) is 38.7. The maximum Gasteiger partial charge on any atom is 0.0467 e. The molecule has 0 bridgehead atoms. The summed E-state index contributed by atoms with van der Waals surface area (Å²) in [5.41, 5.74) is 25.1. The van der Waals surface area contributed by atoms with Gasteiger partial charge in [0.1, 0.15) is 0 Å². The summed E-state index contributed by atoms with van der Waals surface area (Å²) >= 11 is 0. The lowest BCUT2D eigenvalue weighted by molar-refractivity contribution is 0.662. The number of hydrogen-bond donors (Lipinski definition) is 0. The Morgan fingerprint density at radius 1 is 0.382 bits per heavy atom. The summed E-state index contributed by atoms with van der Waals surface area (Å²) < 4.78 is 0. The zero-order chi connectivity index (χ0) is 45.6. The minimum Gasteiger partial charge on any atom is -0.310 e. The standard InChI is InChI=1S/C67H51N/c1-66(2)62-31-11-9-26-59(62)61-30-16-28-55(65(61)66)48-19-14-23-52(42-48)68(51-22-13-18-47(41-51)54-27-15-29-56-53-24-8-7-17-45(53)35-39-57(54)56)50-37-33-44(34-38-50)46-36-40-60-58-25-10-12-32-63(58)67(3,64(60)43-46)49-20-5-4-6-21-49/h4-43,45,53H,1-3H3. The number of allylic oxidation sites excluding steroid dienone is 5. The van der Waals surface area contributed by atoms with Gasteiger partial charge in [-0.2, -0.15) is 0 Å². The van der Waals surface area contributed by atoms with E-state index < -0.39 is 0 Å². The van der Waals surface area contributed by atoms with E-state index in [2.05, 4.69) is 268 Å². The fourth-order valence-corrected chi connectivity index (χ4v) is 12.4. The first kappa shape index (κ1) is 40.3. The van der Waals surface area contributed by atoms with Crippen molar-refractivity contribution in [1.82, 2.24) is 0 Å². The van der Waals surface area contributed by atoms with Crippen LogP contribution in [-0.2, 0) is 10.8 Å². The molecule has 1 heteroatoms. The maximum atomic E-state index is 2.45. The third-order valence-electron chi connectivity index (χ3n) is 15.7. The van der Waals surface area contributed by atoms with E-state index in [-0.39, 0.29) is 10.8 Å². The molecule has 0 saturated carbocycles. The predicted molar refractivity (Wildman–Crippen MR) is 286 cm³/mol. The van der Waals surface area contributed by atoms with E-state index in [4.69, 9.17) is 0 Å². The van der Waals surface area contributed by atoms with E-state index >= 15 is 0 Å². The van der Waals surface area contributed by atoms with Crippen molar-refractivity contribution in [3.63, 3.8) is 0 Å². The van der Waals surface area contributed by atoms with Crippen molar-refractivity contribution >= 4 is 23.1 Å². The summed E-state index contributed by atoms with van der Waals surface area (Å²) in [5, 5.41) is 0. The van der Waals surface area contributed by atoms with Crippen LogP contribution in [0.15, 0.2) is 237 Å². The summed E-state index contributed by atoms with van der Waals surface area (Å²) in [6.45, 7) is 7.16. The number of fused-ring (bicyclic) bond motifs is 9. The molecule has 324 valence electrons. The summed E-state index contributed by atoms with van der Waals surface area (Å²) in [6, 6.07) is 77.2. The van der Waals surface area contributed by atoms with Gasteiger partial charge in [0.25, 0.3) is 0 Å². The Kier molecular flexibility index (Phi) is 9.21. The van der Waals surface area contributed by atoms with Crippen molar-refractivity contribution in [3.05, 3.63) is 276 Å². The van der Waals surface area contributed by atoms with Gasteiger partial charge in [-0.25, -0.2) is 0 Å². The van der Waals surface area contributed by atoms with Gasteiger partial charge >= 0.3 is 0 Å². The van der Waals surface area contributed by atoms with Gasteiger partial charge in [0, 0.05) is 39.7 Å². The molecular weight excluding hydrogens is 819 g/mol. The average Bonchev–Trinajstić information content (AvgIpc) is 3.80. The lowest BCUT2D eigenvalue weighted by atomic mass is 9.74. The van der Waals surface area contributed by atoms with Gasteiger partial charge in [-0.1, -0.05) is 214 Å². The van der Waals surface area contributed by atoms with Crippen LogP contribution in [0.2, 0.25) is 0 Å². The molecule has 9 aromatic carbocycles. The van der Waals surface area contributed by atoms with Gasteiger partial charge in [0.15, 0.2) is 0 Å². The fourth-order valence-electron chi connectivity index (χ4n) is 12.4. The third kappa shape index (κ3) is 6.15. The van der Waals surface area contributed by atoms with E-state index in [1.54, 1.807) is 0 Å². The van der Waals surface area contributed by atoms with Crippen LogP contribution in [0.1, 0.15) is 65.6 Å². The molecule has 9 aromatic rings. The van der Waals surface area contributed by atoms with Crippen LogP contribution in [0.25, 0.3) is 61.7 Å². The molecule has 0 aromatic heterocycles. The molecule has 0 heterocycles. The molecule has 0 radical (unpaired) electrons. The van der Waals surface area contributed by atoms with Crippen molar-refractivity contribution < 1.29 is 0 Å². The largest absolute Gasteiger partial charge is 0.310 e. The molecule has 0 spiro atoms. The highest BCUT2D eigenvalue weighted by molar-refractivity contribution is 5.91. The highest BCUT2D eigenvalue weighted by Crippen LogP contribution is 2.55. The molecule has 68 heavy (non-hydrogen) atoms. The number of benzene rings is 9. The topological polar surface area (TPSA) is 3.24 Å². The maximum absolute atomic E-state index is 2.45. The van der Waals surface area contributed by atoms with Crippen molar-refractivity contribution in [2.24, 2.45) is 5.92 Å². The van der Waals surface area contributed by atoms with Gasteiger partial charge in [-0.05, 0) is 144 Å². The number of rotatable bonds is 7. The van der Waals surface area contributed by atoms with Gasteiger partial charge < -0.3 is 4.90 Å². The molecule has 0 aliphatic heterocycles. The van der Waals surface area contributed by atoms with Crippen molar-refractivity contribution in [2.75, 3.05) is 4.90 Å². The van der Waals surface area contributed by atoms with Crippen molar-refractivity contribution in [1.29, 1.82) is 0 Å². The molecule has 0 N–H and O–H groups in total. The molecule has 4 aliphatic rings. The summed E-state index contributed by atoms with van der Waals surface area (Å²) in [4.78, 5) is 2.45. The van der Waals surface area contributed by atoms with E-state index in [9.17, 15) is 0 Å². The minimum absolute atomic E-state index is 0.131.